The van der Waals surface area contributed by atoms with Crippen molar-refractivity contribution in [3.8, 4) is 0 Å². The number of hydrogen-bond acceptors (Lipinski definition) is 4. The fourth-order valence-corrected chi connectivity index (χ4v) is 4.53. The van der Waals surface area contributed by atoms with Crippen molar-refractivity contribution in [1.29, 1.82) is 0 Å². The van der Waals surface area contributed by atoms with Gasteiger partial charge in [0.15, 0.2) is 0 Å². The molecule has 0 aromatic heterocycles. The minimum atomic E-state index is -3.26. The van der Waals surface area contributed by atoms with Crippen LogP contribution in [-0.2, 0) is 14.8 Å². The van der Waals surface area contributed by atoms with Crippen LogP contribution in [0.5, 0.6) is 0 Å². The number of hydrogen-bond donors (Lipinski definition) is 1. The summed E-state index contributed by atoms with van der Waals surface area (Å²) in [6.07, 6.45) is 4.38. The Hall–Kier alpha value is -0.430. The Kier molecular flexibility index (Phi) is 5.82. The molecule has 0 aromatic carbocycles. The van der Waals surface area contributed by atoms with Crippen molar-refractivity contribution < 1.29 is 13.2 Å². The van der Waals surface area contributed by atoms with Crippen molar-refractivity contribution in [2.45, 2.75) is 32.6 Å². The van der Waals surface area contributed by atoms with E-state index in [4.69, 9.17) is 4.74 Å². The van der Waals surface area contributed by atoms with E-state index in [-0.39, 0.29) is 11.2 Å². The van der Waals surface area contributed by atoms with Gasteiger partial charge in [-0.3, -0.25) is 0 Å². The molecule has 5 nitrogen and oxygen atoms in total. The van der Waals surface area contributed by atoms with Gasteiger partial charge in [0, 0.05) is 31.7 Å². The SMILES string of the molecule is C=C(C)CS(=O)(=O)NCC1(CN2CCCC2)CCOCC1. The molecule has 2 fully saturated rings. The Balaban J connectivity index is 1.97. The predicted octanol–water partition coefficient (Wildman–Crippen LogP) is 1.37. The van der Waals surface area contributed by atoms with Crippen LogP contribution in [0.4, 0.5) is 0 Å². The lowest BCUT2D eigenvalue weighted by Crippen LogP contribution is -2.48. The zero-order chi connectivity index (χ0) is 15.3. The van der Waals surface area contributed by atoms with Crippen LogP contribution in [0.3, 0.4) is 0 Å². The van der Waals surface area contributed by atoms with Gasteiger partial charge in [-0.1, -0.05) is 12.2 Å². The maximum absolute atomic E-state index is 12.0. The quantitative estimate of drug-likeness (QED) is 0.721. The van der Waals surface area contributed by atoms with Crippen LogP contribution in [0.25, 0.3) is 0 Å². The summed E-state index contributed by atoms with van der Waals surface area (Å²) in [6, 6.07) is 0. The van der Waals surface area contributed by atoms with E-state index in [0.29, 0.717) is 12.1 Å². The molecular formula is C15H28N2O3S. The number of nitrogens with one attached hydrogen (secondary N) is 1. The molecule has 0 spiro atoms. The first-order chi connectivity index (χ1) is 9.91. The molecule has 0 saturated carbocycles. The van der Waals surface area contributed by atoms with Gasteiger partial charge in [0.1, 0.15) is 0 Å². The Labute approximate surface area is 128 Å². The molecule has 0 bridgehead atoms. The van der Waals surface area contributed by atoms with Crippen LogP contribution in [0.2, 0.25) is 0 Å². The third-order valence-electron chi connectivity index (χ3n) is 4.41. The third-order valence-corrected chi connectivity index (χ3v) is 5.87. The van der Waals surface area contributed by atoms with E-state index in [1.807, 2.05) is 0 Å². The average Bonchev–Trinajstić information content (AvgIpc) is 2.89. The van der Waals surface area contributed by atoms with Crippen molar-refractivity contribution >= 4 is 10.0 Å². The van der Waals surface area contributed by atoms with Crippen LogP contribution < -0.4 is 4.72 Å². The summed E-state index contributed by atoms with van der Waals surface area (Å²) in [6.45, 7) is 10.7. The first kappa shape index (κ1) is 16.9. The Morgan fingerprint density at radius 2 is 1.90 bits per heavy atom. The molecule has 0 unspecified atom stereocenters. The van der Waals surface area contributed by atoms with E-state index in [9.17, 15) is 8.42 Å². The van der Waals surface area contributed by atoms with Crippen molar-refractivity contribution in [3.05, 3.63) is 12.2 Å². The maximum atomic E-state index is 12.0. The summed E-state index contributed by atoms with van der Waals surface area (Å²) >= 11 is 0. The lowest BCUT2D eigenvalue weighted by molar-refractivity contribution is 0.00158. The summed E-state index contributed by atoms with van der Waals surface area (Å²) in [5.41, 5.74) is 0.688. The van der Waals surface area contributed by atoms with Crippen LogP contribution in [0, 0.1) is 5.41 Å². The normalized spacial score (nSPS) is 23.3. The molecule has 21 heavy (non-hydrogen) atoms. The van der Waals surface area contributed by atoms with Crippen molar-refractivity contribution in [3.63, 3.8) is 0 Å². The van der Waals surface area contributed by atoms with Crippen LogP contribution in [0.15, 0.2) is 12.2 Å². The number of likely N-dealkylation sites (tertiary alicyclic amines) is 1. The van der Waals surface area contributed by atoms with Gasteiger partial charge in [-0.2, -0.15) is 0 Å². The summed E-state index contributed by atoms with van der Waals surface area (Å²) < 4.78 is 32.4. The fraction of sp³-hybridized carbons (Fsp3) is 0.867. The molecule has 0 amide bonds. The molecule has 0 aromatic rings. The minimum Gasteiger partial charge on any atom is -0.381 e. The van der Waals surface area contributed by atoms with E-state index >= 15 is 0 Å². The van der Waals surface area contributed by atoms with Crippen LogP contribution in [0.1, 0.15) is 32.6 Å². The zero-order valence-corrected chi connectivity index (χ0v) is 13.9. The van der Waals surface area contributed by atoms with Gasteiger partial charge in [-0.15, -0.1) is 0 Å². The Morgan fingerprint density at radius 1 is 1.29 bits per heavy atom. The molecule has 122 valence electrons. The molecular weight excluding hydrogens is 288 g/mol. The Morgan fingerprint density at radius 3 is 2.48 bits per heavy atom. The first-order valence-electron chi connectivity index (χ1n) is 7.83. The molecule has 2 rings (SSSR count). The molecule has 0 atom stereocenters. The summed E-state index contributed by atoms with van der Waals surface area (Å²) in [4.78, 5) is 2.47. The molecule has 2 saturated heterocycles. The predicted molar refractivity (Wildman–Crippen MR) is 84.8 cm³/mol. The van der Waals surface area contributed by atoms with Gasteiger partial charge < -0.3 is 9.64 Å². The van der Waals surface area contributed by atoms with E-state index in [1.54, 1.807) is 6.92 Å². The highest BCUT2D eigenvalue weighted by Crippen LogP contribution is 2.32. The third kappa shape index (κ3) is 5.36. The van der Waals surface area contributed by atoms with Crippen LogP contribution in [-0.4, -0.2) is 58.5 Å². The molecule has 6 heteroatoms. The number of rotatable bonds is 7. The standard InChI is InChI=1S/C15H28N2O3S/c1-14(2)11-21(18,19)16-12-15(5-9-20-10-6-15)13-17-7-3-4-8-17/h16H,1,3-13H2,2H3. The molecule has 2 aliphatic heterocycles. The second-order valence-corrected chi connectivity index (χ2v) is 8.44. The van der Waals surface area contributed by atoms with Crippen molar-refractivity contribution in [2.24, 2.45) is 5.41 Å². The van der Waals surface area contributed by atoms with E-state index in [1.165, 1.54) is 12.8 Å². The van der Waals surface area contributed by atoms with Gasteiger partial charge in [0.25, 0.3) is 0 Å². The van der Waals surface area contributed by atoms with Gasteiger partial charge in [-0.25, -0.2) is 13.1 Å². The van der Waals surface area contributed by atoms with Crippen molar-refractivity contribution in [1.82, 2.24) is 9.62 Å². The zero-order valence-electron chi connectivity index (χ0n) is 13.1. The molecule has 1 N–H and O–H groups in total. The Bertz CT molecular complexity index is 450. The lowest BCUT2D eigenvalue weighted by Gasteiger charge is -2.40. The van der Waals surface area contributed by atoms with E-state index < -0.39 is 10.0 Å². The fourth-order valence-electron chi connectivity index (χ4n) is 3.25. The van der Waals surface area contributed by atoms with Gasteiger partial charge in [0.05, 0.1) is 5.75 Å². The van der Waals surface area contributed by atoms with Gasteiger partial charge in [0.2, 0.25) is 10.0 Å². The van der Waals surface area contributed by atoms with Crippen molar-refractivity contribution in [2.75, 3.05) is 45.1 Å². The first-order valence-corrected chi connectivity index (χ1v) is 9.48. The second kappa shape index (κ2) is 7.22. The number of sulfonamides is 1. The molecule has 0 aliphatic carbocycles. The molecule has 0 radical (unpaired) electrons. The smallest absolute Gasteiger partial charge is 0.215 e. The minimum absolute atomic E-state index is 0.0172. The van der Waals surface area contributed by atoms with Gasteiger partial charge in [-0.05, 0) is 45.7 Å². The highest BCUT2D eigenvalue weighted by atomic mass is 32.2. The van der Waals surface area contributed by atoms with Crippen LogP contribution >= 0.6 is 0 Å². The van der Waals surface area contributed by atoms with Gasteiger partial charge >= 0.3 is 0 Å². The highest BCUT2D eigenvalue weighted by Gasteiger charge is 2.36. The topological polar surface area (TPSA) is 58.6 Å². The van der Waals surface area contributed by atoms with E-state index in [0.717, 1.165) is 45.7 Å². The molecule has 2 aliphatic rings. The summed E-state index contributed by atoms with van der Waals surface area (Å²) in [7, 11) is -3.26. The number of nitrogens with zero attached hydrogens (tertiary/aromatic N) is 1. The highest BCUT2D eigenvalue weighted by molar-refractivity contribution is 7.89. The monoisotopic (exact) mass is 316 g/mol. The lowest BCUT2D eigenvalue weighted by atomic mass is 9.80. The maximum Gasteiger partial charge on any atom is 0.215 e. The average molecular weight is 316 g/mol. The second-order valence-electron chi connectivity index (χ2n) is 6.63. The largest absolute Gasteiger partial charge is 0.381 e. The number of ether oxygens (including phenoxy) is 1. The summed E-state index contributed by atoms with van der Waals surface area (Å²) in [5, 5.41) is 0. The summed E-state index contributed by atoms with van der Waals surface area (Å²) in [5.74, 6) is 0.0172. The van der Waals surface area contributed by atoms with E-state index in [2.05, 4.69) is 16.2 Å². The molecule has 2 heterocycles.